The molecule has 90 valence electrons. The molecular weight excluding hydrogens is 218 g/mol. The zero-order valence-corrected chi connectivity index (χ0v) is 11.4. The summed E-state index contributed by atoms with van der Waals surface area (Å²) in [6.07, 6.45) is 2.20. The summed E-state index contributed by atoms with van der Waals surface area (Å²) in [5.41, 5.74) is 9.28. The summed E-state index contributed by atoms with van der Waals surface area (Å²) in [7, 11) is 0. The molecule has 1 aromatic heterocycles. The maximum atomic E-state index is 5.96. The van der Waals surface area contributed by atoms with Crippen molar-refractivity contribution in [2.45, 2.75) is 51.7 Å². The molecule has 1 aromatic rings. The van der Waals surface area contributed by atoms with E-state index in [0.717, 1.165) is 35.1 Å². The fourth-order valence-corrected chi connectivity index (χ4v) is 2.37. The number of nitrogens with zero attached hydrogens (tertiary/aromatic N) is 2. The molecule has 1 atom stereocenters. The zero-order valence-electron chi connectivity index (χ0n) is 10.6. The first-order chi connectivity index (χ1) is 7.54. The van der Waals surface area contributed by atoms with Crippen molar-refractivity contribution in [3.05, 3.63) is 17.0 Å². The smallest absolute Gasteiger partial charge is 0.188 e. The molecule has 16 heavy (non-hydrogen) atoms. The Bertz CT molecular complexity index is 329. The lowest BCUT2D eigenvalue weighted by Crippen LogP contribution is -2.22. The lowest BCUT2D eigenvalue weighted by molar-refractivity contribution is 0.659. The number of aromatic nitrogens is 2. The Labute approximate surface area is 102 Å². The highest BCUT2D eigenvalue weighted by atomic mass is 32.2. The number of aryl methyl sites for hydroxylation is 2. The van der Waals surface area contributed by atoms with Crippen LogP contribution in [0.4, 0.5) is 0 Å². The van der Waals surface area contributed by atoms with E-state index in [1.807, 2.05) is 13.8 Å². The van der Waals surface area contributed by atoms with E-state index in [9.17, 15) is 0 Å². The number of nitrogens with two attached hydrogens (primary N) is 1. The van der Waals surface area contributed by atoms with Gasteiger partial charge in [0.2, 0.25) is 0 Å². The van der Waals surface area contributed by atoms with Crippen LogP contribution in [0.5, 0.6) is 0 Å². The molecule has 0 aliphatic carbocycles. The highest BCUT2D eigenvalue weighted by Gasteiger charge is 2.07. The van der Waals surface area contributed by atoms with Gasteiger partial charge in [0.1, 0.15) is 0 Å². The topological polar surface area (TPSA) is 51.8 Å². The maximum Gasteiger partial charge on any atom is 0.188 e. The van der Waals surface area contributed by atoms with Gasteiger partial charge in [-0.05, 0) is 32.8 Å². The van der Waals surface area contributed by atoms with Gasteiger partial charge in [0.25, 0.3) is 0 Å². The van der Waals surface area contributed by atoms with E-state index in [4.69, 9.17) is 5.73 Å². The van der Waals surface area contributed by atoms with Crippen molar-refractivity contribution >= 4 is 11.8 Å². The third kappa shape index (κ3) is 3.76. The molecule has 1 rings (SSSR count). The minimum absolute atomic E-state index is 0.250. The molecule has 0 amide bonds. The quantitative estimate of drug-likeness (QED) is 0.634. The molecule has 0 aliphatic heterocycles. The van der Waals surface area contributed by atoms with Crippen molar-refractivity contribution in [1.29, 1.82) is 0 Å². The Hall–Kier alpha value is -0.610. The summed E-state index contributed by atoms with van der Waals surface area (Å²) in [6.45, 7) is 8.27. The van der Waals surface area contributed by atoms with Crippen LogP contribution in [0.2, 0.25) is 0 Å². The molecule has 1 unspecified atom stereocenters. The first-order valence-electron chi connectivity index (χ1n) is 5.74. The van der Waals surface area contributed by atoms with Gasteiger partial charge < -0.3 is 5.73 Å². The van der Waals surface area contributed by atoms with Crippen LogP contribution in [-0.2, 0) is 0 Å². The molecule has 0 bridgehead atoms. The number of hydrogen-bond donors (Lipinski definition) is 1. The van der Waals surface area contributed by atoms with Crippen LogP contribution in [-0.4, -0.2) is 21.8 Å². The van der Waals surface area contributed by atoms with E-state index in [-0.39, 0.29) is 6.04 Å². The van der Waals surface area contributed by atoms with Gasteiger partial charge in [-0.15, -0.1) is 0 Å². The van der Waals surface area contributed by atoms with E-state index in [1.165, 1.54) is 5.56 Å². The molecule has 2 N–H and O–H groups in total. The van der Waals surface area contributed by atoms with E-state index in [1.54, 1.807) is 11.8 Å². The van der Waals surface area contributed by atoms with Gasteiger partial charge in [-0.1, -0.05) is 25.1 Å². The molecule has 0 saturated heterocycles. The molecule has 0 radical (unpaired) electrons. The van der Waals surface area contributed by atoms with Crippen LogP contribution in [0, 0.1) is 20.8 Å². The summed E-state index contributed by atoms with van der Waals surface area (Å²) >= 11 is 1.66. The van der Waals surface area contributed by atoms with Gasteiger partial charge in [-0.3, -0.25) is 0 Å². The monoisotopic (exact) mass is 239 g/mol. The Morgan fingerprint density at radius 1 is 1.19 bits per heavy atom. The average molecular weight is 239 g/mol. The lowest BCUT2D eigenvalue weighted by atomic mass is 10.2. The van der Waals surface area contributed by atoms with Gasteiger partial charge in [0.05, 0.1) is 0 Å². The molecule has 3 nitrogen and oxygen atoms in total. The third-order valence-electron chi connectivity index (χ3n) is 2.70. The predicted molar refractivity (Wildman–Crippen MR) is 69.9 cm³/mol. The van der Waals surface area contributed by atoms with Crippen molar-refractivity contribution in [1.82, 2.24) is 9.97 Å². The second-order valence-electron chi connectivity index (χ2n) is 4.16. The van der Waals surface area contributed by atoms with E-state index >= 15 is 0 Å². The Kier molecular flexibility index (Phi) is 5.22. The number of thioether (sulfide) groups is 1. The van der Waals surface area contributed by atoms with Gasteiger partial charge in [0.15, 0.2) is 5.16 Å². The number of hydrogen-bond acceptors (Lipinski definition) is 4. The highest BCUT2D eigenvalue weighted by Crippen LogP contribution is 2.18. The molecule has 0 fully saturated rings. The summed E-state index contributed by atoms with van der Waals surface area (Å²) < 4.78 is 0. The van der Waals surface area contributed by atoms with Crippen LogP contribution in [0.1, 0.15) is 36.7 Å². The van der Waals surface area contributed by atoms with Crippen LogP contribution < -0.4 is 5.73 Å². The third-order valence-corrected chi connectivity index (χ3v) is 3.73. The van der Waals surface area contributed by atoms with Crippen LogP contribution in [0.15, 0.2) is 5.16 Å². The molecule has 0 spiro atoms. The SMILES string of the molecule is CCCC(N)CSc1nc(C)c(C)c(C)n1. The largest absolute Gasteiger partial charge is 0.327 e. The number of rotatable bonds is 5. The molecular formula is C12H21N3S. The van der Waals surface area contributed by atoms with E-state index in [0.29, 0.717) is 0 Å². The van der Waals surface area contributed by atoms with Crippen LogP contribution in [0.3, 0.4) is 0 Å². The van der Waals surface area contributed by atoms with Gasteiger partial charge in [0, 0.05) is 23.2 Å². The summed E-state index contributed by atoms with van der Waals surface area (Å²) in [5.74, 6) is 0.899. The molecule has 1 heterocycles. The minimum atomic E-state index is 0.250. The lowest BCUT2D eigenvalue weighted by Gasteiger charge is -2.10. The van der Waals surface area contributed by atoms with E-state index in [2.05, 4.69) is 23.8 Å². The van der Waals surface area contributed by atoms with Crippen molar-refractivity contribution in [3.8, 4) is 0 Å². The highest BCUT2D eigenvalue weighted by molar-refractivity contribution is 7.99. The standard InChI is InChI=1S/C12H21N3S/c1-5-6-11(13)7-16-12-14-9(3)8(2)10(4)15-12/h11H,5-7,13H2,1-4H3. The van der Waals surface area contributed by atoms with Crippen LogP contribution in [0.25, 0.3) is 0 Å². The Balaban J connectivity index is 2.61. The average Bonchev–Trinajstić information content (AvgIpc) is 2.23. The second kappa shape index (κ2) is 6.21. The molecule has 0 saturated carbocycles. The second-order valence-corrected chi connectivity index (χ2v) is 5.15. The van der Waals surface area contributed by atoms with Crippen LogP contribution >= 0.6 is 11.8 Å². The maximum absolute atomic E-state index is 5.96. The van der Waals surface area contributed by atoms with Crippen molar-refractivity contribution in [2.75, 3.05) is 5.75 Å². The molecule has 0 aromatic carbocycles. The normalized spacial score (nSPS) is 12.8. The molecule has 0 aliphatic rings. The van der Waals surface area contributed by atoms with Gasteiger partial charge in [-0.25, -0.2) is 9.97 Å². The fraction of sp³-hybridized carbons (Fsp3) is 0.667. The van der Waals surface area contributed by atoms with Crippen molar-refractivity contribution < 1.29 is 0 Å². The van der Waals surface area contributed by atoms with Crippen molar-refractivity contribution in [3.63, 3.8) is 0 Å². The summed E-state index contributed by atoms with van der Waals surface area (Å²) in [6, 6.07) is 0.250. The fourth-order valence-electron chi connectivity index (χ4n) is 1.44. The van der Waals surface area contributed by atoms with Crippen molar-refractivity contribution in [2.24, 2.45) is 5.73 Å². The summed E-state index contributed by atoms with van der Waals surface area (Å²) in [5, 5.41) is 0.854. The first kappa shape index (κ1) is 13.5. The Morgan fingerprint density at radius 2 is 1.75 bits per heavy atom. The molecule has 4 heteroatoms. The Morgan fingerprint density at radius 3 is 2.25 bits per heavy atom. The zero-order chi connectivity index (χ0) is 12.1. The van der Waals surface area contributed by atoms with Gasteiger partial charge >= 0.3 is 0 Å². The summed E-state index contributed by atoms with van der Waals surface area (Å²) in [4.78, 5) is 8.92. The van der Waals surface area contributed by atoms with E-state index < -0.39 is 0 Å². The first-order valence-corrected chi connectivity index (χ1v) is 6.73. The predicted octanol–water partition coefficient (Wildman–Crippen LogP) is 2.62. The van der Waals surface area contributed by atoms with Gasteiger partial charge in [-0.2, -0.15) is 0 Å². The minimum Gasteiger partial charge on any atom is -0.327 e.